The fourth-order valence-corrected chi connectivity index (χ4v) is 60.4. The molecule has 0 aliphatic heterocycles. The van der Waals surface area contributed by atoms with Gasteiger partial charge in [-0.25, -0.2) is 0 Å². The van der Waals surface area contributed by atoms with Crippen LogP contribution >= 0.6 is 7.82 Å². The quantitative estimate of drug-likeness (QED) is 0.0597. The maximum absolute atomic E-state index is 12.8. The molecule has 0 atom stereocenters. The third kappa shape index (κ3) is 30.1. The third-order valence-electron chi connectivity index (χ3n) is 2.06. The van der Waals surface area contributed by atoms with E-state index in [-0.39, 0.29) is 58.2 Å². The topological polar surface area (TPSA) is 598 Å². The summed E-state index contributed by atoms with van der Waals surface area (Å²) in [6.45, 7) is 0. The van der Waals surface area contributed by atoms with Crippen molar-refractivity contribution >= 4 is 7.82 Å². The minimum atomic E-state index is -8.79. The van der Waals surface area contributed by atoms with Gasteiger partial charge in [0.05, 0.1) is 0 Å². The zero-order valence-corrected chi connectivity index (χ0v) is 52.7. The van der Waals surface area contributed by atoms with Crippen molar-refractivity contribution in [3.05, 3.63) is 0 Å². The van der Waals surface area contributed by atoms with E-state index in [1.807, 2.05) is 0 Å². The monoisotopic (exact) mass is 1930 g/mol. The van der Waals surface area contributed by atoms with E-state index in [0.29, 0.717) is 0 Å². The summed E-state index contributed by atoms with van der Waals surface area (Å²) in [7, 11) is -7.91. The minimum Gasteiger partial charge on any atom is 1.00 e. The molecule has 40 nitrogen and oxygen atoms in total. The predicted molar refractivity (Wildman–Crippen MR) is 43.8 cm³/mol. The zero-order valence-electron chi connectivity index (χ0n) is 22.8. The van der Waals surface area contributed by atoms with E-state index in [9.17, 15) is 86.1 Å². The van der Waals surface area contributed by atoms with Crippen molar-refractivity contribution in [1.29, 1.82) is 0 Å². The molecule has 0 amide bonds. The molecule has 0 aromatic heterocycles. The van der Waals surface area contributed by atoms with E-state index in [1.165, 1.54) is 0 Å². The first-order chi connectivity index (χ1) is 22.5. The van der Waals surface area contributed by atoms with Gasteiger partial charge in [-0.15, -0.1) is 0 Å². The number of phosphoric acid groups is 1. The molecule has 0 aliphatic rings. The van der Waals surface area contributed by atoms with E-state index in [0.717, 1.165) is 0 Å². The maximum atomic E-state index is 12.8. The number of rotatable bonds is 24. The largest absolute Gasteiger partial charge is 1.00 e. The average molecular weight is 1910 g/mol. The molecule has 0 bridgehead atoms. The Balaban J connectivity index is 0. The molecular formula is H3Mo12O40PRb+. The van der Waals surface area contributed by atoms with Gasteiger partial charge in [-0.3, -0.25) is 0 Å². The Kier molecular flexibility index (Phi) is 23.5. The van der Waals surface area contributed by atoms with E-state index < -0.39 is 209 Å². The Labute approximate surface area is 383 Å². The van der Waals surface area contributed by atoms with Gasteiger partial charge in [0.25, 0.3) is 0 Å². The van der Waals surface area contributed by atoms with Crippen LogP contribution in [0.1, 0.15) is 0 Å². The van der Waals surface area contributed by atoms with Gasteiger partial charge in [0, 0.05) is 0 Å². The fourth-order valence-electron chi connectivity index (χ4n) is 1.41. The molecule has 54 heteroatoms. The molecule has 0 aromatic carbocycles. The second-order valence-corrected chi connectivity index (χ2v) is 56.1. The Morgan fingerprint density at radius 1 is 0.259 bits per heavy atom. The van der Waals surface area contributed by atoms with Crippen molar-refractivity contribution in [3.63, 3.8) is 0 Å². The van der Waals surface area contributed by atoms with Crippen LogP contribution in [0.2, 0.25) is 0 Å². The van der Waals surface area contributed by atoms with Crippen molar-refractivity contribution in [2.45, 2.75) is 0 Å². The van der Waals surface area contributed by atoms with Crippen molar-refractivity contribution in [3.8, 4) is 0 Å². The summed E-state index contributed by atoms with van der Waals surface area (Å²) in [5, 5.41) is 0. The smallest absolute Gasteiger partial charge is 1.00 e. The molecule has 0 rings (SSSR count). The standard InChI is InChI=1S/12Mo.H3O4P.3H2O.33O.Rb/c;;;;;;;;;;;;1-5(2,3)4;;;;;;;;;;;;;;;;;;;;;;;;;;;;;;;;;;;;;/h;;;;;;;;;;;;(H3,1,2,3,4);3*1H2;;;;;;;;;;;;;;;;;;;;;;;;;;;;;;;;;;/q;;;;;;6*+1;;;;;;;;;;;;;;;;;;;;;;;;;;;;;;;;;;;;;;+1/p-6. The normalized spacial score (nSPS) is 15.3. The summed E-state index contributed by atoms with van der Waals surface area (Å²) in [6, 6.07) is 0. The van der Waals surface area contributed by atoms with Crippen LogP contribution in [0.4, 0.5) is 0 Å². The van der Waals surface area contributed by atoms with Gasteiger partial charge in [-0.2, -0.15) is 0 Å². The first-order valence-corrected chi connectivity index (χ1v) is 49.8. The van der Waals surface area contributed by atoms with Gasteiger partial charge < -0.3 is 0 Å². The first kappa shape index (κ1) is 61.0. The van der Waals surface area contributed by atoms with Crippen molar-refractivity contribution < 1.29 is 384 Å². The summed E-state index contributed by atoms with van der Waals surface area (Å²) < 4.78 is 347. The van der Waals surface area contributed by atoms with Gasteiger partial charge in [0.2, 0.25) is 0 Å². The van der Waals surface area contributed by atoms with E-state index >= 15 is 0 Å². The van der Waals surface area contributed by atoms with Gasteiger partial charge >= 0.3 is 392 Å². The Morgan fingerprint density at radius 3 is 0.537 bits per heavy atom. The maximum Gasteiger partial charge on any atom is 1.00 e. The first-order valence-electron chi connectivity index (χ1n) is 8.78. The van der Waals surface area contributed by atoms with Crippen LogP contribution in [-0.2, 0) is 315 Å². The molecule has 54 heavy (non-hydrogen) atoms. The van der Waals surface area contributed by atoms with Crippen molar-refractivity contribution in [2.75, 3.05) is 0 Å². The molecule has 0 saturated heterocycles. The van der Waals surface area contributed by atoms with Crippen LogP contribution in [0.25, 0.3) is 0 Å². The van der Waals surface area contributed by atoms with Crippen LogP contribution < -0.4 is 58.2 Å². The van der Waals surface area contributed by atoms with Crippen molar-refractivity contribution in [1.82, 2.24) is 0 Å². The summed E-state index contributed by atoms with van der Waals surface area (Å²) >= 11 is -97.4. The molecule has 0 radical (unpaired) electrons. The van der Waals surface area contributed by atoms with Crippen LogP contribution in [0.15, 0.2) is 0 Å². The SMILES string of the molecule is O=P([O][Mo](=[O])(=[O])[O][Mo](=[O])(=[O])[O][Mo](=[O])(=[O])[O][Mo](=[O])(=[O])[OH])([O][Mo](=[O])(=[O])[O][Mo](=[O])(=[O])[O][Mo](=[O])(=[O])[O][Mo](=[O])(=[O])[OH])[O][Mo](=[O])(=[O])[O][Mo](=[O])(=[O])[O][Mo](=[O])(=[O])[O][Mo](=[O])(=[O])[OH].[Rb+]. The van der Waals surface area contributed by atoms with Gasteiger partial charge in [0.15, 0.2) is 0 Å². The Morgan fingerprint density at radius 2 is 0.389 bits per heavy atom. The fraction of sp³-hybridized carbons (Fsp3) is 0. The Hall–Kier alpha value is 4.89. The summed E-state index contributed by atoms with van der Waals surface area (Å²) in [5.41, 5.74) is 0. The molecule has 320 valence electrons. The van der Waals surface area contributed by atoms with Gasteiger partial charge in [-0.1, -0.05) is 0 Å². The molecule has 0 saturated carbocycles. The second-order valence-electron chi connectivity index (χ2n) is 6.24. The number of hydrogen-bond acceptors (Lipinski definition) is 37. The molecule has 0 aliphatic carbocycles. The van der Waals surface area contributed by atoms with Crippen LogP contribution in [-0.4, -0.2) is 11.3 Å². The van der Waals surface area contributed by atoms with E-state index in [2.05, 4.69) is 27.9 Å². The van der Waals surface area contributed by atoms with Gasteiger partial charge in [0.1, 0.15) is 0 Å². The molecule has 0 unspecified atom stereocenters. The zero-order chi connectivity index (χ0) is 43.0. The third-order valence-corrected chi connectivity index (χ3v) is 62.5. The molecular weight excluding hydrogens is 1910 g/mol. The van der Waals surface area contributed by atoms with Crippen LogP contribution in [0.3, 0.4) is 0 Å². The molecule has 0 heterocycles. The minimum absolute atomic E-state index is 0. The molecule has 0 aromatic rings. The van der Waals surface area contributed by atoms with Gasteiger partial charge in [-0.05, 0) is 0 Å². The van der Waals surface area contributed by atoms with Crippen LogP contribution in [0, 0.1) is 0 Å². The van der Waals surface area contributed by atoms with E-state index in [4.69, 9.17) is 11.3 Å². The molecule has 3 N–H and O–H groups in total. The Bertz CT molecular complexity index is 2510. The summed E-state index contributed by atoms with van der Waals surface area (Å²) in [5.74, 6) is 0. The van der Waals surface area contributed by atoms with Crippen LogP contribution in [0.5, 0.6) is 0 Å². The summed E-state index contributed by atoms with van der Waals surface area (Å²) in [6.07, 6.45) is 0. The van der Waals surface area contributed by atoms with E-state index in [1.54, 1.807) is 0 Å². The number of hydrogen-bond donors (Lipinski definition) is 3. The summed E-state index contributed by atoms with van der Waals surface area (Å²) in [4.78, 5) is 0. The molecule has 0 fully saturated rings. The average Bonchev–Trinajstić information content (AvgIpc) is 2.58. The molecule has 0 spiro atoms. The second kappa shape index (κ2) is 20.8. The van der Waals surface area contributed by atoms with Crippen molar-refractivity contribution in [2.24, 2.45) is 0 Å². The predicted octanol–water partition coefficient (Wildman–Crippen LogP) is -7.63.